The molecule has 0 amide bonds. The van der Waals surface area contributed by atoms with Crippen molar-refractivity contribution < 1.29 is 4.74 Å². The number of rotatable bonds is 24. The molecule has 0 aromatic heterocycles. The van der Waals surface area contributed by atoms with Gasteiger partial charge in [0, 0.05) is 21.1 Å². The van der Waals surface area contributed by atoms with Gasteiger partial charge in [-0.3, -0.25) is 0 Å². The van der Waals surface area contributed by atoms with E-state index in [0.717, 1.165) is 116 Å². The maximum atomic E-state index is 6.24. The molecule has 0 aliphatic heterocycles. The number of allylic oxidation sites excluding steroid dienone is 8. The monoisotopic (exact) mass is 1230 g/mol. The van der Waals surface area contributed by atoms with Crippen molar-refractivity contribution >= 4 is 45.2 Å². The highest BCUT2D eigenvalue weighted by atomic mass is 127. The second-order valence-corrected chi connectivity index (χ2v) is 32.6. The molecule has 8 rings (SSSR count). The Bertz CT molecular complexity index is 1740. The van der Waals surface area contributed by atoms with Crippen LogP contribution in [0.3, 0.4) is 0 Å². The Labute approximate surface area is 481 Å². The lowest BCUT2D eigenvalue weighted by molar-refractivity contribution is -0.0491. The van der Waals surface area contributed by atoms with Crippen molar-refractivity contribution in [2.75, 3.05) is 13.2 Å². The minimum Gasteiger partial charge on any atom is -0.381 e. The maximum absolute atomic E-state index is 6.24. The second kappa shape index (κ2) is 25.9. The summed E-state index contributed by atoms with van der Waals surface area (Å²) in [6.45, 7) is 32.4. The highest BCUT2D eigenvalue weighted by molar-refractivity contribution is 14.1. The van der Waals surface area contributed by atoms with Gasteiger partial charge in [-0.1, -0.05) is 202 Å². The fraction of sp³-hybridized carbons (Fsp3) is 0.886. The van der Waals surface area contributed by atoms with Gasteiger partial charge in [-0.15, -0.1) is 0 Å². The third kappa shape index (κ3) is 12.6. The number of halogens is 2. The number of fused-ring (bicyclic) bond motifs is 10. The molecule has 0 N–H and O–H groups in total. The van der Waals surface area contributed by atoms with E-state index in [4.69, 9.17) is 4.74 Å². The largest absolute Gasteiger partial charge is 0.381 e. The molecule has 6 fully saturated rings. The lowest BCUT2D eigenvalue weighted by Gasteiger charge is -2.58. The van der Waals surface area contributed by atoms with Crippen molar-refractivity contribution in [3.63, 3.8) is 0 Å². The molecule has 2 unspecified atom stereocenters. The van der Waals surface area contributed by atoms with E-state index in [9.17, 15) is 0 Å². The number of unbranched alkanes of at least 4 members (excludes halogenated alkanes) is 4. The average molecular weight is 1230 g/mol. The van der Waals surface area contributed by atoms with Crippen molar-refractivity contribution in [3.8, 4) is 0 Å². The van der Waals surface area contributed by atoms with E-state index in [2.05, 4.69) is 165 Å². The van der Waals surface area contributed by atoms with Crippen LogP contribution in [-0.4, -0.2) is 21.1 Å². The molecular weight excluding hydrogens is 1110 g/mol. The smallest absolute Gasteiger partial charge is 0.0466 e. The normalized spacial score (nSPS) is 40.8. The molecule has 0 heterocycles. The van der Waals surface area contributed by atoms with Crippen LogP contribution in [0.25, 0.3) is 0 Å². The Balaban J connectivity index is 0.685. The van der Waals surface area contributed by atoms with Crippen LogP contribution in [0.4, 0.5) is 0 Å². The molecule has 0 aromatic carbocycles. The van der Waals surface area contributed by atoms with Crippen LogP contribution in [0.5, 0.6) is 0 Å². The third-order valence-corrected chi connectivity index (χ3v) is 28.5. The minimum atomic E-state index is 0.471. The summed E-state index contributed by atoms with van der Waals surface area (Å²) in [6, 6.07) is 0. The summed E-state index contributed by atoms with van der Waals surface area (Å²) in [5.41, 5.74) is 5.81. The van der Waals surface area contributed by atoms with Gasteiger partial charge in [0.2, 0.25) is 0 Å². The van der Waals surface area contributed by atoms with Crippen LogP contribution in [0.2, 0.25) is 0 Å². The summed E-state index contributed by atoms with van der Waals surface area (Å²) >= 11 is 5.75. The molecule has 0 saturated heterocycles. The standard InChI is InChI=1S/C70H116I2O/c1-13-51(47(3)4)25-23-49(7)59-31-33-61-57-29-27-55-45-53(35-39-67(55,9)63(57)37-41-69(59,61)11)65(71)21-17-15-19-43-73-44-20-16-18-22-66(72)54-36-40-68(10)56(46-54)28-30-58-62-34-32-60(70(62,12)42-38-64(58)68)50(8)24-26-52(14-2)48(5)6/h23-28,47-54,57-66H,13-22,29-46H2,1-12H3/t49-,50-,51-,52-,53+,54+,57+,58+,59-,60-,61+,62+,63+,64+,65?,66?,67+,68+,69-,70-/m1/s1. The van der Waals surface area contributed by atoms with E-state index in [-0.39, 0.29) is 0 Å². The summed E-state index contributed by atoms with van der Waals surface area (Å²) < 4.78 is 7.90. The van der Waals surface area contributed by atoms with E-state index in [1.807, 2.05) is 11.1 Å². The second-order valence-electron chi connectivity index (χ2n) is 29.4. The molecule has 6 saturated carbocycles. The predicted octanol–water partition coefficient (Wildman–Crippen LogP) is 21.9. The van der Waals surface area contributed by atoms with Gasteiger partial charge in [0.1, 0.15) is 0 Å². The SMILES string of the molecule is CC[C@H](C=C[C@@H](C)[C@H]1CC[C@H]2[C@@H]3CC=C4C[C@@H](C(I)CCCCCOCCCCCC(I)[C@H]5CC[C@@]6(C)C(=CC[C@H]7[C@@H]8CC[C@H]([C@H](C)C=C[C@@H](CC)C(C)C)[C@@]8(C)CC[C@@H]76)C5)CC[C@]4(C)[C@H]3CC[C@]12C)C(C)C. The molecule has 8 aliphatic rings. The first kappa shape index (κ1) is 59.5. The quantitative estimate of drug-likeness (QED) is 0.0405. The Hall–Kier alpha value is 0.380. The minimum absolute atomic E-state index is 0.471. The van der Waals surface area contributed by atoms with E-state index in [0.29, 0.717) is 21.7 Å². The zero-order valence-corrected chi connectivity index (χ0v) is 54.1. The molecule has 0 radical (unpaired) electrons. The van der Waals surface area contributed by atoms with Gasteiger partial charge in [0.05, 0.1) is 0 Å². The summed E-state index contributed by atoms with van der Waals surface area (Å²) in [5.74, 6) is 13.5. The molecule has 0 bridgehead atoms. The van der Waals surface area contributed by atoms with Crippen molar-refractivity contribution in [1.29, 1.82) is 0 Å². The number of ether oxygens (including phenoxy) is 1. The first-order chi connectivity index (χ1) is 34.9. The van der Waals surface area contributed by atoms with Gasteiger partial charge in [0.15, 0.2) is 0 Å². The van der Waals surface area contributed by atoms with Gasteiger partial charge in [-0.2, -0.15) is 0 Å². The van der Waals surface area contributed by atoms with Crippen LogP contribution in [-0.2, 0) is 4.74 Å². The van der Waals surface area contributed by atoms with Gasteiger partial charge < -0.3 is 4.74 Å². The first-order valence-corrected chi connectivity index (χ1v) is 35.0. The van der Waals surface area contributed by atoms with Crippen LogP contribution in [0, 0.1) is 116 Å². The lowest BCUT2D eigenvalue weighted by atomic mass is 9.46. The van der Waals surface area contributed by atoms with Crippen LogP contribution >= 0.6 is 45.2 Å². The number of hydrogen-bond donors (Lipinski definition) is 0. The van der Waals surface area contributed by atoms with Crippen LogP contribution in [0.15, 0.2) is 47.6 Å². The van der Waals surface area contributed by atoms with Crippen LogP contribution in [0.1, 0.15) is 250 Å². The fourth-order valence-corrected chi connectivity index (χ4v) is 22.5. The molecule has 0 aromatic rings. The molecular formula is C70H116I2O. The van der Waals surface area contributed by atoms with E-state index >= 15 is 0 Å². The zero-order chi connectivity index (χ0) is 52.3. The Kier molecular flexibility index (Phi) is 21.1. The summed E-state index contributed by atoms with van der Waals surface area (Å²) in [6.07, 6.45) is 52.7. The van der Waals surface area contributed by atoms with Crippen molar-refractivity contribution in [2.24, 2.45) is 116 Å². The average Bonchev–Trinajstić information content (AvgIpc) is 3.92. The highest BCUT2D eigenvalue weighted by Crippen LogP contribution is 2.69. The van der Waals surface area contributed by atoms with Crippen LogP contribution < -0.4 is 0 Å². The predicted molar refractivity (Wildman–Crippen MR) is 335 cm³/mol. The Morgan fingerprint density at radius 1 is 0.507 bits per heavy atom. The number of hydrogen-bond acceptors (Lipinski definition) is 1. The summed E-state index contributed by atoms with van der Waals surface area (Å²) in [4.78, 5) is 0. The Morgan fingerprint density at radius 3 is 1.30 bits per heavy atom. The van der Waals surface area contributed by atoms with Gasteiger partial charge in [-0.05, 0) is 258 Å². The Morgan fingerprint density at radius 2 is 0.918 bits per heavy atom. The molecule has 0 spiro atoms. The molecule has 1 nitrogen and oxygen atoms in total. The molecule has 3 heteroatoms. The molecule has 8 aliphatic carbocycles. The lowest BCUT2D eigenvalue weighted by Crippen LogP contribution is -2.50. The van der Waals surface area contributed by atoms with Gasteiger partial charge >= 0.3 is 0 Å². The first-order valence-electron chi connectivity index (χ1n) is 32.5. The van der Waals surface area contributed by atoms with E-state index in [1.54, 1.807) is 0 Å². The maximum Gasteiger partial charge on any atom is 0.0466 e. The van der Waals surface area contributed by atoms with Gasteiger partial charge in [-0.25, -0.2) is 0 Å². The molecule has 20 atom stereocenters. The number of alkyl halides is 2. The summed E-state index contributed by atoms with van der Waals surface area (Å²) in [5, 5.41) is 0. The molecule has 416 valence electrons. The third-order valence-electron chi connectivity index (χ3n) is 25.2. The van der Waals surface area contributed by atoms with E-state index < -0.39 is 0 Å². The van der Waals surface area contributed by atoms with Gasteiger partial charge in [0.25, 0.3) is 0 Å². The zero-order valence-electron chi connectivity index (χ0n) is 49.8. The topological polar surface area (TPSA) is 9.23 Å². The van der Waals surface area contributed by atoms with Crippen molar-refractivity contribution in [2.45, 2.75) is 258 Å². The summed E-state index contributed by atoms with van der Waals surface area (Å²) in [7, 11) is 0. The molecule has 73 heavy (non-hydrogen) atoms. The van der Waals surface area contributed by atoms with Crippen molar-refractivity contribution in [1.82, 2.24) is 0 Å². The fourth-order valence-electron chi connectivity index (χ4n) is 20.4. The van der Waals surface area contributed by atoms with Crippen molar-refractivity contribution in [3.05, 3.63) is 47.6 Å². The highest BCUT2D eigenvalue weighted by Gasteiger charge is 2.61. The van der Waals surface area contributed by atoms with E-state index in [1.165, 1.54) is 167 Å².